The van der Waals surface area contributed by atoms with Gasteiger partial charge in [0.15, 0.2) is 0 Å². The summed E-state index contributed by atoms with van der Waals surface area (Å²) >= 11 is 0. The molecule has 15 heavy (non-hydrogen) atoms. The maximum atomic E-state index is 5.80. The van der Waals surface area contributed by atoms with Crippen LogP contribution in [-0.4, -0.2) is 36.1 Å². The molecular formula is C12H19N3. The third-order valence-electron chi connectivity index (χ3n) is 2.87. The molecule has 0 bridgehead atoms. The highest BCUT2D eigenvalue weighted by molar-refractivity contribution is 5.14. The summed E-state index contributed by atoms with van der Waals surface area (Å²) < 4.78 is 0. The first-order valence-corrected chi connectivity index (χ1v) is 5.60. The number of nitrogens with two attached hydrogens (primary N) is 1. The molecule has 1 aliphatic rings. The molecule has 1 fully saturated rings. The lowest BCUT2D eigenvalue weighted by Crippen LogP contribution is -2.35. The molecule has 1 heterocycles. The molecule has 1 aromatic rings. The maximum Gasteiger partial charge on any atom is 0.0256 e. The zero-order chi connectivity index (χ0) is 10.5. The van der Waals surface area contributed by atoms with E-state index in [0.717, 1.165) is 32.7 Å². The molecule has 0 saturated carbocycles. The van der Waals surface area contributed by atoms with Crippen LogP contribution < -0.4 is 5.84 Å². The lowest BCUT2D eigenvalue weighted by Gasteiger charge is -2.19. The molecule has 1 aromatic carbocycles. The third kappa shape index (κ3) is 3.30. The van der Waals surface area contributed by atoms with Crippen molar-refractivity contribution in [2.45, 2.75) is 13.0 Å². The second-order valence-corrected chi connectivity index (χ2v) is 4.15. The highest BCUT2D eigenvalue weighted by Crippen LogP contribution is 2.07. The predicted octanol–water partition coefficient (Wildman–Crippen LogP) is 1.07. The zero-order valence-corrected chi connectivity index (χ0v) is 9.10. The quantitative estimate of drug-likeness (QED) is 0.733. The molecule has 0 aromatic heterocycles. The van der Waals surface area contributed by atoms with Crippen molar-refractivity contribution >= 4 is 0 Å². The first kappa shape index (κ1) is 10.6. The van der Waals surface area contributed by atoms with Crippen LogP contribution in [0.15, 0.2) is 30.3 Å². The Bertz CT molecular complexity index is 286. The largest absolute Gasteiger partial charge is 0.298 e. The molecule has 3 nitrogen and oxygen atoms in total. The summed E-state index contributed by atoms with van der Waals surface area (Å²) in [6.45, 7) is 5.28. The van der Waals surface area contributed by atoms with Crippen LogP contribution in [0.3, 0.4) is 0 Å². The summed E-state index contributed by atoms with van der Waals surface area (Å²) in [5.74, 6) is 5.80. The fraction of sp³-hybridized carbons (Fsp3) is 0.500. The molecule has 0 atom stereocenters. The number of hydrogen-bond donors (Lipinski definition) is 1. The van der Waals surface area contributed by atoms with Crippen LogP contribution in [0.4, 0.5) is 0 Å². The molecule has 0 amide bonds. The van der Waals surface area contributed by atoms with Crippen molar-refractivity contribution in [2.24, 2.45) is 5.84 Å². The van der Waals surface area contributed by atoms with Gasteiger partial charge in [-0.25, -0.2) is 5.01 Å². The molecule has 0 radical (unpaired) electrons. The van der Waals surface area contributed by atoms with Crippen molar-refractivity contribution in [3.8, 4) is 0 Å². The monoisotopic (exact) mass is 205 g/mol. The number of rotatable bonds is 2. The second-order valence-electron chi connectivity index (χ2n) is 4.15. The average Bonchev–Trinajstić information content (AvgIpc) is 2.46. The van der Waals surface area contributed by atoms with Crippen LogP contribution in [0, 0.1) is 0 Å². The van der Waals surface area contributed by atoms with Crippen molar-refractivity contribution in [1.29, 1.82) is 0 Å². The van der Waals surface area contributed by atoms with Crippen LogP contribution in [-0.2, 0) is 6.54 Å². The van der Waals surface area contributed by atoms with Crippen molar-refractivity contribution in [2.75, 3.05) is 26.2 Å². The highest BCUT2D eigenvalue weighted by Gasteiger charge is 2.11. The van der Waals surface area contributed by atoms with Crippen molar-refractivity contribution in [1.82, 2.24) is 9.91 Å². The molecule has 82 valence electrons. The predicted molar refractivity (Wildman–Crippen MR) is 62.1 cm³/mol. The summed E-state index contributed by atoms with van der Waals surface area (Å²) in [4.78, 5) is 2.47. The van der Waals surface area contributed by atoms with E-state index in [1.54, 1.807) is 0 Å². The molecule has 0 spiro atoms. The molecule has 2 rings (SSSR count). The van der Waals surface area contributed by atoms with Gasteiger partial charge in [0.2, 0.25) is 0 Å². The van der Waals surface area contributed by atoms with Crippen molar-refractivity contribution in [3.63, 3.8) is 0 Å². The molecule has 0 unspecified atom stereocenters. The molecule has 0 aliphatic carbocycles. The van der Waals surface area contributed by atoms with E-state index in [1.807, 2.05) is 5.01 Å². The Balaban J connectivity index is 1.89. The number of benzene rings is 1. The van der Waals surface area contributed by atoms with Gasteiger partial charge in [-0.1, -0.05) is 30.3 Å². The fourth-order valence-electron chi connectivity index (χ4n) is 1.99. The van der Waals surface area contributed by atoms with Gasteiger partial charge >= 0.3 is 0 Å². The fourth-order valence-corrected chi connectivity index (χ4v) is 1.99. The van der Waals surface area contributed by atoms with Gasteiger partial charge in [-0.15, -0.1) is 0 Å². The van der Waals surface area contributed by atoms with Crippen molar-refractivity contribution in [3.05, 3.63) is 35.9 Å². The van der Waals surface area contributed by atoms with Gasteiger partial charge in [-0.3, -0.25) is 10.7 Å². The number of hydrogen-bond acceptors (Lipinski definition) is 3. The summed E-state index contributed by atoms with van der Waals surface area (Å²) in [6.07, 6.45) is 1.17. The lowest BCUT2D eigenvalue weighted by molar-refractivity contribution is 0.255. The molecule has 1 aliphatic heterocycles. The van der Waals surface area contributed by atoms with Gasteiger partial charge < -0.3 is 0 Å². The van der Waals surface area contributed by atoms with E-state index in [9.17, 15) is 0 Å². The van der Waals surface area contributed by atoms with Gasteiger partial charge in [0.05, 0.1) is 0 Å². The minimum Gasteiger partial charge on any atom is -0.298 e. The van der Waals surface area contributed by atoms with E-state index in [4.69, 9.17) is 5.84 Å². The average molecular weight is 205 g/mol. The van der Waals surface area contributed by atoms with E-state index in [2.05, 4.69) is 35.2 Å². The topological polar surface area (TPSA) is 32.5 Å². The van der Waals surface area contributed by atoms with Gasteiger partial charge in [0.25, 0.3) is 0 Å². The molecule has 1 saturated heterocycles. The van der Waals surface area contributed by atoms with E-state index in [0.29, 0.717) is 0 Å². The number of hydrazine groups is 1. The van der Waals surface area contributed by atoms with E-state index < -0.39 is 0 Å². The number of nitrogens with zero attached hydrogens (tertiary/aromatic N) is 2. The molecule has 3 heteroatoms. The first-order chi connectivity index (χ1) is 7.34. The minimum absolute atomic E-state index is 0.979. The normalized spacial score (nSPS) is 20.1. The first-order valence-electron chi connectivity index (χ1n) is 5.60. The SMILES string of the molecule is NN1CCCN(Cc2ccccc2)CC1. The van der Waals surface area contributed by atoms with Crippen LogP contribution in [0.1, 0.15) is 12.0 Å². The van der Waals surface area contributed by atoms with E-state index in [1.165, 1.54) is 12.0 Å². The molecular weight excluding hydrogens is 186 g/mol. The highest BCUT2D eigenvalue weighted by atomic mass is 15.4. The summed E-state index contributed by atoms with van der Waals surface area (Å²) in [7, 11) is 0. The Kier molecular flexibility index (Phi) is 3.72. The van der Waals surface area contributed by atoms with Gasteiger partial charge in [0, 0.05) is 26.2 Å². The summed E-state index contributed by atoms with van der Waals surface area (Å²) in [5.41, 5.74) is 1.39. The lowest BCUT2D eigenvalue weighted by atomic mass is 10.2. The van der Waals surface area contributed by atoms with Gasteiger partial charge in [-0.05, 0) is 18.5 Å². The summed E-state index contributed by atoms with van der Waals surface area (Å²) in [5, 5.41) is 1.92. The maximum absolute atomic E-state index is 5.80. The van der Waals surface area contributed by atoms with Gasteiger partial charge in [-0.2, -0.15) is 0 Å². The Labute approximate surface area is 91.4 Å². The van der Waals surface area contributed by atoms with Gasteiger partial charge in [0.1, 0.15) is 0 Å². The summed E-state index contributed by atoms with van der Waals surface area (Å²) in [6, 6.07) is 10.6. The van der Waals surface area contributed by atoms with Crippen LogP contribution >= 0.6 is 0 Å². The third-order valence-corrected chi connectivity index (χ3v) is 2.87. The molecule has 2 N–H and O–H groups in total. The van der Waals surface area contributed by atoms with Crippen LogP contribution in [0.25, 0.3) is 0 Å². The Morgan fingerprint density at radius 3 is 2.60 bits per heavy atom. The zero-order valence-electron chi connectivity index (χ0n) is 9.10. The van der Waals surface area contributed by atoms with Crippen molar-refractivity contribution < 1.29 is 0 Å². The minimum atomic E-state index is 0.979. The Morgan fingerprint density at radius 2 is 1.80 bits per heavy atom. The second kappa shape index (κ2) is 5.26. The van der Waals surface area contributed by atoms with Crippen LogP contribution in [0.2, 0.25) is 0 Å². The smallest absolute Gasteiger partial charge is 0.0256 e. The van der Waals surface area contributed by atoms with E-state index in [-0.39, 0.29) is 0 Å². The Hall–Kier alpha value is -0.900. The van der Waals surface area contributed by atoms with E-state index >= 15 is 0 Å². The Morgan fingerprint density at radius 1 is 1.00 bits per heavy atom. The van der Waals surface area contributed by atoms with Crippen LogP contribution in [0.5, 0.6) is 0 Å². The standard InChI is InChI=1S/C12H19N3/c13-15-8-4-7-14(9-10-15)11-12-5-2-1-3-6-12/h1-3,5-6H,4,7-11,13H2.